The first-order valence-corrected chi connectivity index (χ1v) is 6.61. The molecule has 1 aromatic carbocycles. The van der Waals surface area contributed by atoms with E-state index in [0.29, 0.717) is 11.5 Å². The number of piperidine rings is 1. The molecule has 1 saturated heterocycles. The summed E-state index contributed by atoms with van der Waals surface area (Å²) in [6, 6.07) is 7.31. The molecule has 1 aliphatic heterocycles. The van der Waals surface area contributed by atoms with Gasteiger partial charge in [0.25, 0.3) is 0 Å². The predicted molar refractivity (Wildman–Crippen MR) is 71.6 cm³/mol. The van der Waals surface area contributed by atoms with Gasteiger partial charge in [0.1, 0.15) is 0 Å². The standard InChI is InChI=1S/C15H21NO2/c1-11-7-8-16(9-12(11)2)10-13-5-3-4-6-14(13)15(17)18/h3-6,11-12H,7-10H2,1-2H3,(H,17,18). The Morgan fingerprint density at radius 1 is 1.33 bits per heavy atom. The summed E-state index contributed by atoms with van der Waals surface area (Å²) in [6.45, 7) is 7.46. The summed E-state index contributed by atoms with van der Waals surface area (Å²) in [5.41, 5.74) is 1.36. The van der Waals surface area contributed by atoms with Gasteiger partial charge in [0.05, 0.1) is 5.56 Å². The van der Waals surface area contributed by atoms with E-state index in [1.807, 2.05) is 12.1 Å². The van der Waals surface area contributed by atoms with E-state index in [1.54, 1.807) is 12.1 Å². The lowest BCUT2D eigenvalue weighted by atomic mass is 9.88. The number of carboxylic acids is 1. The van der Waals surface area contributed by atoms with E-state index >= 15 is 0 Å². The van der Waals surface area contributed by atoms with Crippen LogP contribution in [-0.4, -0.2) is 29.1 Å². The van der Waals surface area contributed by atoms with Crippen LogP contribution in [0.2, 0.25) is 0 Å². The number of hydrogen-bond acceptors (Lipinski definition) is 2. The first kappa shape index (κ1) is 13.1. The fraction of sp³-hybridized carbons (Fsp3) is 0.533. The fourth-order valence-electron chi connectivity index (χ4n) is 2.60. The van der Waals surface area contributed by atoms with E-state index in [1.165, 1.54) is 6.42 Å². The summed E-state index contributed by atoms with van der Waals surface area (Å²) in [7, 11) is 0. The lowest BCUT2D eigenvalue weighted by molar-refractivity contribution is 0.0692. The van der Waals surface area contributed by atoms with E-state index in [2.05, 4.69) is 18.7 Å². The molecule has 0 saturated carbocycles. The fourth-order valence-corrected chi connectivity index (χ4v) is 2.60. The van der Waals surface area contributed by atoms with Crippen LogP contribution in [0.1, 0.15) is 36.2 Å². The second-order valence-electron chi connectivity index (χ2n) is 5.44. The quantitative estimate of drug-likeness (QED) is 0.893. The number of carbonyl (C=O) groups is 1. The van der Waals surface area contributed by atoms with Gasteiger partial charge >= 0.3 is 5.97 Å². The third-order valence-corrected chi connectivity index (χ3v) is 4.06. The summed E-state index contributed by atoms with van der Waals surface area (Å²) < 4.78 is 0. The predicted octanol–water partition coefficient (Wildman–Crippen LogP) is 2.86. The molecule has 98 valence electrons. The number of likely N-dealkylation sites (tertiary alicyclic amines) is 1. The molecule has 1 aliphatic rings. The SMILES string of the molecule is CC1CCN(Cc2ccccc2C(=O)O)CC1C. The largest absolute Gasteiger partial charge is 0.478 e. The second kappa shape index (κ2) is 5.53. The van der Waals surface area contributed by atoms with E-state index in [-0.39, 0.29) is 0 Å². The molecule has 3 heteroatoms. The Labute approximate surface area is 108 Å². The minimum Gasteiger partial charge on any atom is -0.478 e. The number of nitrogens with zero attached hydrogens (tertiary/aromatic N) is 1. The Balaban J connectivity index is 2.08. The zero-order valence-electron chi connectivity index (χ0n) is 11.1. The van der Waals surface area contributed by atoms with Crippen LogP contribution < -0.4 is 0 Å². The molecule has 2 atom stereocenters. The van der Waals surface area contributed by atoms with Gasteiger partial charge in [-0.1, -0.05) is 32.0 Å². The average Bonchev–Trinajstić information content (AvgIpc) is 2.34. The minimum absolute atomic E-state index is 0.434. The molecule has 0 spiro atoms. The van der Waals surface area contributed by atoms with Crippen molar-refractivity contribution in [3.8, 4) is 0 Å². The summed E-state index contributed by atoms with van der Waals surface area (Å²) in [6.07, 6.45) is 1.20. The van der Waals surface area contributed by atoms with Gasteiger partial charge in [-0.05, 0) is 36.4 Å². The maximum Gasteiger partial charge on any atom is 0.336 e. The molecular weight excluding hydrogens is 226 g/mol. The third kappa shape index (κ3) is 2.91. The molecule has 0 radical (unpaired) electrons. The van der Waals surface area contributed by atoms with Crippen LogP contribution in [0, 0.1) is 11.8 Å². The zero-order chi connectivity index (χ0) is 13.1. The summed E-state index contributed by atoms with van der Waals surface area (Å²) >= 11 is 0. The smallest absolute Gasteiger partial charge is 0.336 e. The van der Waals surface area contributed by atoms with Crippen molar-refractivity contribution >= 4 is 5.97 Å². The number of hydrogen-bond donors (Lipinski definition) is 1. The van der Waals surface area contributed by atoms with Gasteiger partial charge in [0, 0.05) is 13.1 Å². The first-order valence-electron chi connectivity index (χ1n) is 6.61. The molecule has 1 N–H and O–H groups in total. The normalized spacial score (nSPS) is 25.0. The Bertz CT molecular complexity index is 430. The Kier molecular flexibility index (Phi) is 4.02. The van der Waals surface area contributed by atoms with E-state index in [0.717, 1.165) is 31.1 Å². The lowest BCUT2D eigenvalue weighted by Gasteiger charge is -2.35. The van der Waals surface area contributed by atoms with Crippen molar-refractivity contribution in [3.63, 3.8) is 0 Å². The highest BCUT2D eigenvalue weighted by Crippen LogP contribution is 2.24. The molecule has 3 nitrogen and oxygen atoms in total. The van der Waals surface area contributed by atoms with Gasteiger partial charge in [0.2, 0.25) is 0 Å². The van der Waals surface area contributed by atoms with Crippen molar-refractivity contribution in [2.75, 3.05) is 13.1 Å². The lowest BCUT2D eigenvalue weighted by Crippen LogP contribution is -2.38. The second-order valence-corrected chi connectivity index (χ2v) is 5.44. The van der Waals surface area contributed by atoms with E-state index in [9.17, 15) is 9.90 Å². The topological polar surface area (TPSA) is 40.5 Å². The highest BCUT2D eigenvalue weighted by Gasteiger charge is 2.23. The Hall–Kier alpha value is -1.35. The van der Waals surface area contributed by atoms with Gasteiger partial charge in [-0.15, -0.1) is 0 Å². The van der Waals surface area contributed by atoms with E-state index in [4.69, 9.17) is 0 Å². The van der Waals surface area contributed by atoms with Crippen LogP contribution in [0.25, 0.3) is 0 Å². The van der Waals surface area contributed by atoms with Gasteiger partial charge in [-0.3, -0.25) is 4.90 Å². The van der Waals surface area contributed by atoms with Crippen molar-refractivity contribution < 1.29 is 9.90 Å². The molecule has 0 amide bonds. The van der Waals surface area contributed by atoms with Crippen molar-refractivity contribution in [1.29, 1.82) is 0 Å². The van der Waals surface area contributed by atoms with Gasteiger partial charge in [-0.25, -0.2) is 4.79 Å². The number of carboxylic acid groups (broad SMARTS) is 1. The highest BCUT2D eigenvalue weighted by atomic mass is 16.4. The maximum absolute atomic E-state index is 11.2. The molecule has 1 aromatic rings. The summed E-state index contributed by atoms with van der Waals surface area (Å²) in [4.78, 5) is 13.5. The monoisotopic (exact) mass is 247 g/mol. The molecule has 2 rings (SSSR count). The molecule has 0 bridgehead atoms. The molecule has 2 unspecified atom stereocenters. The van der Waals surface area contributed by atoms with Crippen LogP contribution in [-0.2, 0) is 6.54 Å². The maximum atomic E-state index is 11.2. The van der Waals surface area contributed by atoms with Crippen LogP contribution in [0.4, 0.5) is 0 Å². The highest BCUT2D eigenvalue weighted by molar-refractivity contribution is 5.89. The third-order valence-electron chi connectivity index (χ3n) is 4.06. The minimum atomic E-state index is -0.830. The zero-order valence-corrected chi connectivity index (χ0v) is 11.1. The van der Waals surface area contributed by atoms with Crippen LogP contribution in [0.3, 0.4) is 0 Å². The molecular formula is C15H21NO2. The number of benzene rings is 1. The van der Waals surface area contributed by atoms with E-state index < -0.39 is 5.97 Å². The molecule has 1 fully saturated rings. The number of aromatic carboxylic acids is 1. The van der Waals surface area contributed by atoms with Crippen molar-refractivity contribution in [2.45, 2.75) is 26.8 Å². The molecule has 18 heavy (non-hydrogen) atoms. The van der Waals surface area contributed by atoms with Gasteiger partial charge in [0.15, 0.2) is 0 Å². The van der Waals surface area contributed by atoms with Crippen LogP contribution in [0.5, 0.6) is 0 Å². The molecule has 0 aliphatic carbocycles. The summed E-state index contributed by atoms with van der Waals surface area (Å²) in [5, 5.41) is 9.17. The van der Waals surface area contributed by atoms with Crippen molar-refractivity contribution in [3.05, 3.63) is 35.4 Å². The Morgan fingerprint density at radius 2 is 2.06 bits per heavy atom. The van der Waals surface area contributed by atoms with Crippen LogP contribution >= 0.6 is 0 Å². The van der Waals surface area contributed by atoms with Gasteiger partial charge < -0.3 is 5.11 Å². The average molecular weight is 247 g/mol. The van der Waals surface area contributed by atoms with Crippen LogP contribution in [0.15, 0.2) is 24.3 Å². The molecule has 0 aromatic heterocycles. The Morgan fingerprint density at radius 3 is 2.72 bits per heavy atom. The van der Waals surface area contributed by atoms with Gasteiger partial charge in [-0.2, -0.15) is 0 Å². The first-order chi connectivity index (χ1) is 8.58. The summed E-state index contributed by atoms with van der Waals surface area (Å²) in [5.74, 6) is 0.635. The molecule has 1 heterocycles. The van der Waals surface area contributed by atoms with Crippen molar-refractivity contribution in [1.82, 2.24) is 4.90 Å². The number of rotatable bonds is 3. The van der Waals surface area contributed by atoms with Crippen molar-refractivity contribution in [2.24, 2.45) is 11.8 Å².